The molecule has 2 aromatic heterocycles. The molecule has 0 unspecified atom stereocenters. The van der Waals surface area contributed by atoms with Crippen LogP contribution in [0.4, 0.5) is 17.5 Å². The van der Waals surface area contributed by atoms with Gasteiger partial charge in [0.1, 0.15) is 5.82 Å². The highest BCUT2D eigenvalue weighted by Gasteiger charge is 2.08. The maximum Gasteiger partial charge on any atom is 0.225 e. The van der Waals surface area contributed by atoms with Crippen LogP contribution in [-0.4, -0.2) is 15.0 Å². The quantitative estimate of drug-likeness (QED) is 0.689. The zero-order valence-corrected chi connectivity index (χ0v) is 15.2. The minimum Gasteiger partial charge on any atom is -0.349 e. The Morgan fingerprint density at radius 1 is 1.04 bits per heavy atom. The highest BCUT2D eigenvalue weighted by Crippen LogP contribution is 2.30. The first-order valence-corrected chi connectivity index (χ1v) is 8.42. The van der Waals surface area contributed by atoms with Crippen molar-refractivity contribution in [1.29, 1.82) is 0 Å². The van der Waals surface area contributed by atoms with E-state index in [9.17, 15) is 0 Å². The molecule has 0 fully saturated rings. The monoisotopic (exact) mass is 353 g/mol. The van der Waals surface area contributed by atoms with E-state index in [4.69, 9.17) is 11.6 Å². The maximum absolute atomic E-state index is 6.38. The molecule has 2 heterocycles. The number of nitrogens with zero attached hydrogens (tertiary/aromatic N) is 3. The Morgan fingerprint density at radius 2 is 1.88 bits per heavy atom. The number of aromatic nitrogens is 3. The summed E-state index contributed by atoms with van der Waals surface area (Å²) in [5.74, 6) is 1.25. The molecular formula is C19H20ClN5. The van der Waals surface area contributed by atoms with E-state index >= 15 is 0 Å². The van der Waals surface area contributed by atoms with Gasteiger partial charge in [0.25, 0.3) is 0 Å². The first-order valence-electron chi connectivity index (χ1n) is 8.04. The summed E-state index contributed by atoms with van der Waals surface area (Å²) in [5.41, 5.74) is 4.86. The Kier molecular flexibility index (Phi) is 5.14. The van der Waals surface area contributed by atoms with E-state index in [1.807, 2.05) is 51.1 Å². The minimum absolute atomic E-state index is 0.550. The summed E-state index contributed by atoms with van der Waals surface area (Å²) < 4.78 is 0. The SMILES string of the molecule is Cc1cc(C)c(Nc2cc(C)nc(NCc3ccccn3)n2)c(Cl)c1. The number of hydrogen-bond acceptors (Lipinski definition) is 5. The Bertz CT molecular complexity index is 857. The van der Waals surface area contributed by atoms with E-state index in [-0.39, 0.29) is 0 Å². The van der Waals surface area contributed by atoms with Crippen LogP contribution in [0.15, 0.2) is 42.6 Å². The average Bonchev–Trinajstić information content (AvgIpc) is 2.57. The van der Waals surface area contributed by atoms with Gasteiger partial charge in [-0.3, -0.25) is 4.98 Å². The molecule has 0 atom stereocenters. The summed E-state index contributed by atoms with van der Waals surface area (Å²) >= 11 is 6.38. The Labute approximate surface area is 152 Å². The molecular weight excluding hydrogens is 334 g/mol. The van der Waals surface area contributed by atoms with Crippen LogP contribution in [0, 0.1) is 20.8 Å². The molecule has 1 aromatic carbocycles. The molecule has 0 aliphatic heterocycles. The third kappa shape index (κ3) is 4.45. The number of benzene rings is 1. The van der Waals surface area contributed by atoms with Crippen molar-refractivity contribution < 1.29 is 0 Å². The average molecular weight is 354 g/mol. The lowest BCUT2D eigenvalue weighted by Gasteiger charge is -2.13. The third-order valence-electron chi connectivity index (χ3n) is 3.69. The lowest BCUT2D eigenvalue weighted by atomic mass is 10.1. The Morgan fingerprint density at radius 3 is 2.60 bits per heavy atom. The summed E-state index contributed by atoms with van der Waals surface area (Å²) in [6.45, 7) is 6.54. The standard InChI is InChI=1S/C19H20ClN5/c1-12-8-13(2)18(16(20)9-12)24-17-10-14(3)23-19(25-17)22-11-15-6-4-5-7-21-15/h4-10H,11H2,1-3H3,(H2,22,23,24,25). The molecule has 5 nitrogen and oxygen atoms in total. The van der Waals surface area contributed by atoms with Crippen LogP contribution in [0.3, 0.4) is 0 Å². The van der Waals surface area contributed by atoms with Crippen molar-refractivity contribution in [2.75, 3.05) is 10.6 Å². The van der Waals surface area contributed by atoms with E-state index in [0.29, 0.717) is 23.3 Å². The fourth-order valence-corrected chi connectivity index (χ4v) is 2.95. The van der Waals surface area contributed by atoms with Gasteiger partial charge in [0.2, 0.25) is 5.95 Å². The number of anilines is 3. The molecule has 128 valence electrons. The second kappa shape index (κ2) is 7.49. The zero-order valence-electron chi connectivity index (χ0n) is 14.5. The van der Waals surface area contributed by atoms with Crippen LogP contribution in [0.25, 0.3) is 0 Å². The van der Waals surface area contributed by atoms with Gasteiger partial charge in [-0.2, -0.15) is 4.98 Å². The molecule has 25 heavy (non-hydrogen) atoms. The Hall–Kier alpha value is -2.66. The zero-order chi connectivity index (χ0) is 17.8. The van der Waals surface area contributed by atoms with Gasteiger partial charge in [-0.05, 0) is 50.1 Å². The molecule has 6 heteroatoms. The first-order chi connectivity index (χ1) is 12.0. The van der Waals surface area contributed by atoms with Crippen LogP contribution in [-0.2, 0) is 6.54 Å². The van der Waals surface area contributed by atoms with Crippen molar-refractivity contribution in [3.8, 4) is 0 Å². The number of rotatable bonds is 5. The third-order valence-corrected chi connectivity index (χ3v) is 3.99. The highest BCUT2D eigenvalue weighted by atomic mass is 35.5. The van der Waals surface area contributed by atoms with E-state index in [0.717, 1.165) is 28.2 Å². The lowest BCUT2D eigenvalue weighted by molar-refractivity contribution is 0.991. The van der Waals surface area contributed by atoms with Crippen molar-refractivity contribution in [1.82, 2.24) is 15.0 Å². The highest BCUT2D eigenvalue weighted by molar-refractivity contribution is 6.33. The fraction of sp³-hybridized carbons (Fsp3) is 0.211. The largest absolute Gasteiger partial charge is 0.349 e. The fourth-order valence-electron chi connectivity index (χ4n) is 2.59. The molecule has 2 N–H and O–H groups in total. The number of hydrogen-bond donors (Lipinski definition) is 2. The van der Waals surface area contributed by atoms with Crippen LogP contribution >= 0.6 is 11.6 Å². The predicted molar refractivity (Wildman–Crippen MR) is 103 cm³/mol. The van der Waals surface area contributed by atoms with Gasteiger partial charge < -0.3 is 10.6 Å². The van der Waals surface area contributed by atoms with Gasteiger partial charge in [0.15, 0.2) is 0 Å². The summed E-state index contributed by atoms with van der Waals surface area (Å²) in [5, 5.41) is 7.19. The van der Waals surface area contributed by atoms with Crippen LogP contribution in [0.1, 0.15) is 22.5 Å². The predicted octanol–water partition coefficient (Wildman–Crippen LogP) is 4.81. The lowest BCUT2D eigenvalue weighted by Crippen LogP contribution is -2.07. The van der Waals surface area contributed by atoms with Gasteiger partial charge in [-0.25, -0.2) is 4.98 Å². The molecule has 3 aromatic rings. The van der Waals surface area contributed by atoms with Gasteiger partial charge in [-0.1, -0.05) is 23.7 Å². The molecule has 0 saturated carbocycles. The van der Waals surface area contributed by atoms with Gasteiger partial charge in [0, 0.05) is 18.0 Å². The van der Waals surface area contributed by atoms with Gasteiger partial charge >= 0.3 is 0 Å². The Balaban J connectivity index is 1.80. The summed E-state index contributed by atoms with van der Waals surface area (Å²) in [6, 6.07) is 11.7. The van der Waals surface area contributed by atoms with E-state index in [1.54, 1.807) is 6.20 Å². The molecule has 3 rings (SSSR count). The van der Waals surface area contributed by atoms with E-state index in [2.05, 4.69) is 31.7 Å². The normalized spacial score (nSPS) is 10.6. The first kappa shape index (κ1) is 17.2. The number of aryl methyl sites for hydroxylation is 3. The van der Waals surface area contributed by atoms with Crippen molar-refractivity contribution in [2.45, 2.75) is 27.3 Å². The van der Waals surface area contributed by atoms with Crippen LogP contribution in [0.5, 0.6) is 0 Å². The van der Waals surface area contributed by atoms with Gasteiger partial charge in [0.05, 0.1) is 22.9 Å². The number of nitrogens with one attached hydrogen (secondary N) is 2. The molecule has 0 amide bonds. The molecule has 0 bridgehead atoms. The second-order valence-electron chi connectivity index (χ2n) is 5.96. The van der Waals surface area contributed by atoms with Crippen molar-refractivity contribution in [3.05, 3.63) is 70.1 Å². The maximum atomic E-state index is 6.38. The molecule has 0 radical (unpaired) electrons. The molecule has 0 saturated heterocycles. The van der Waals surface area contributed by atoms with Crippen molar-refractivity contribution in [3.63, 3.8) is 0 Å². The second-order valence-corrected chi connectivity index (χ2v) is 6.36. The summed E-state index contributed by atoms with van der Waals surface area (Å²) in [4.78, 5) is 13.2. The van der Waals surface area contributed by atoms with Crippen molar-refractivity contribution >= 4 is 29.1 Å². The van der Waals surface area contributed by atoms with E-state index in [1.165, 1.54) is 0 Å². The number of halogens is 1. The van der Waals surface area contributed by atoms with Crippen LogP contribution < -0.4 is 10.6 Å². The summed E-state index contributed by atoms with van der Waals surface area (Å²) in [7, 11) is 0. The van der Waals surface area contributed by atoms with Crippen LogP contribution in [0.2, 0.25) is 5.02 Å². The van der Waals surface area contributed by atoms with Gasteiger partial charge in [-0.15, -0.1) is 0 Å². The minimum atomic E-state index is 0.550. The van der Waals surface area contributed by atoms with Crippen molar-refractivity contribution in [2.24, 2.45) is 0 Å². The number of pyridine rings is 1. The molecule has 0 aliphatic rings. The smallest absolute Gasteiger partial charge is 0.225 e. The molecule has 0 spiro atoms. The summed E-state index contributed by atoms with van der Waals surface area (Å²) in [6.07, 6.45) is 1.77. The van der Waals surface area contributed by atoms with E-state index < -0.39 is 0 Å². The molecule has 0 aliphatic carbocycles. The topological polar surface area (TPSA) is 62.7 Å².